The van der Waals surface area contributed by atoms with Gasteiger partial charge in [-0.2, -0.15) is 0 Å². The van der Waals surface area contributed by atoms with Crippen molar-refractivity contribution in [1.82, 2.24) is 9.13 Å². The summed E-state index contributed by atoms with van der Waals surface area (Å²) in [6.07, 6.45) is 2.95. The van der Waals surface area contributed by atoms with Crippen molar-refractivity contribution < 1.29 is 9.78 Å². The van der Waals surface area contributed by atoms with E-state index in [-0.39, 0.29) is 5.90 Å². The summed E-state index contributed by atoms with van der Waals surface area (Å²) in [5.41, 5.74) is -0.312. The van der Waals surface area contributed by atoms with Gasteiger partial charge in [0, 0.05) is 26.1 Å². The van der Waals surface area contributed by atoms with Gasteiger partial charge in [0.2, 0.25) is 12.4 Å². The largest absolute Gasteiger partial charge is 0.858 e. The Kier molecular flexibility index (Phi) is 2.74. The zero-order valence-electron chi connectivity index (χ0n) is 10.2. The summed E-state index contributed by atoms with van der Waals surface area (Å²) in [5.74, 6) is -0.374. The van der Waals surface area contributed by atoms with Crippen molar-refractivity contribution in [3.05, 3.63) is 39.3 Å². The van der Waals surface area contributed by atoms with E-state index in [0.717, 1.165) is 4.57 Å². The van der Waals surface area contributed by atoms with Gasteiger partial charge in [-0.3, -0.25) is 13.9 Å². The molecule has 0 aliphatic carbocycles. The third kappa shape index (κ3) is 1.79. The van der Waals surface area contributed by atoms with Crippen LogP contribution >= 0.6 is 0 Å². The van der Waals surface area contributed by atoms with Crippen LogP contribution < -0.4 is 21.0 Å². The molecule has 0 saturated carbocycles. The van der Waals surface area contributed by atoms with Crippen LogP contribution in [0, 0.1) is 0 Å². The first-order valence-electron chi connectivity index (χ1n) is 5.25. The fraction of sp³-hybridized carbons (Fsp3) is 0.273. The van der Waals surface area contributed by atoms with E-state index in [1.165, 1.54) is 35.6 Å². The molecular weight excluding hydrogens is 236 g/mol. The Bertz CT molecular complexity index is 766. The van der Waals surface area contributed by atoms with Crippen LogP contribution in [0.25, 0.3) is 10.9 Å². The molecule has 0 spiro atoms. The van der Waals surface area contributed by atoms with E-state index in [1.807, 2.05) is 0 Å². The average Bonchev–Trinajstić information content (AvgIpc) is 2.33. The number of rotatable bonds is 1. The fourth-order valence-corrected chi connectivity index (χ4v) is 1.76. The van der Waals surface area contributed by atoms with Crippen LogP contribution in [0.4, 0.5) is 0 Å². The van der Waals surface area contributed by atoms with Crippen molar-refractivity contribution in [3.63, 3.8) is 0 Å². The second-order valence-corrected chi connectivity index (χ2v) is 3.95. The second-order valence-electron chi connectivity index (χ2n) is 3.95. The van der Waals surface area contributed by atoms with Crippen LogP contribution in [0.5, 0.6) is 0 Å². The molecule has 0 atom stereocenters. The molecule has 0 aliphatic rings. The molecule has 2 rings (SSSR count). The Balaban J connectivity index is 2.91. The van der Waals surface area contributed by atoms with Crippen LogP contribution in [0.2, 0.25) is 0 Å². The van der Waals surface area contributed by atoms with Gasteiger partial charge in [-0.15, -0.1) is 0 Å². The van der Waals surface area contributed by atoms with Crippen molar-refractivity contribution in [3.8, 4) is 0 Å². The van der Waals surface area contributed by atoms with Crippen LogP contribution in [0.1, 0.15) is 6.92 Å². The van der Waals surface area contributed by atoms with Gasteiger partial charge in [-0.05, 0) is 12.0 Å². The number of hydrogen-bond donors (Lipinski definition) is 0. The highest BCUT2D eigenvalue weighted by atomic mass is 16.3. The minimum Gasteiger partial charge on any atom is -0.858 e. The third-order valence-corrected chi connectivity index (χ3v) is 2.65. The summed E-state index contributed by atoms with van der Waals surface area (Å²) in [4.78, 5) is 23.7. The highest BCUT2D eigenvalue weighted by molar-refractivity contribution is 5.75. The van der Waals surface area contributed by atoms with E-state index < -0.39 is 11.2 Å². The standard InChI is InChI=1S/C11H12N4O3/c1-7(16)12-15-5-4-9-8(6-15)10(17)14(3)11(18)13(9)2/h4-6H,1-3H3. The molecule has 0 radical (unpaired) electrons. The summed E-state index contributed by atoms with van der Waals surface area (Å²) in [6.45, 7) is 1.32. The van der Waals surface area contributed by atoms with Gasteiger partial charge in [-0.25, -0.2) is 4.79 Å². The lowest BCUT2D eigenvalue weighted by atomic mass is 10.3. The van der Waals surface area contributed by atoms with Gasteiger partial charge in [0.25, 0.3) is 5.56 Å². The van der Waals surface area contributed by atoms with Gasteiger partial charge in [0.1, 0.15) is 5.39 Å². The molecule has 0 unspecified atom stereocenters. The molecule has 0 fully saturated rings. The van der Waals surface area contributed by atoms with Crippen molar-refractivity contribution >= 4 is 16.8 Å². The molecule has 0 aliphatic heterocycles. The molecule has 0 aromatic carbocycles. The maximum atomic E-state index is 11.9. The number of aromatic nitrogens is 3. The highest BCUT2D eigenvalue weighted by Gasteiger charge is 2.12. The number of hydrogen-bond acceptors (Lipinski definition) is 4. The first kappa shape index (κ1) is 12.0. The van der Waals surface area contributed by atoms with Crippen LogP contribution in [-0.2, 0) is 14.1 Å². The summed E-state index contributed by atoms with van der Waals surface area (Å²) in [7, 11) is 2.99. The summed E-state index contributed by atoms with van der Waals surface area (Å²) >= 11 is 0. The first-order valence-corrected chi connectivity index (χ1v) is 5.25. The average molecular weight is 248 g/mol. The molecule has 18 heavy (non-hydrogen) atoms. The van der Waals surface area contributed by atoms with Crippen LogP contribution in [0.15, 0.2) is 33.2 Å². The number of aryl methyl sites for hydroxylation is 1. The highest BCUT2D eigenvalue weighted by Crippen LogP contribution is 2.02. The molecule has 0 bridgehead atoms. The number of pyridine rings is 1. The fourth-order valence-electron chi connectivity index (χ4n) is 1.76. The third-order valence-electron chi connectivity index (χ3n) is 2.65. The van der Waals surface area contributed by atoms with Crippen molar-refractivity contribution in [2.75, 3.05) is 0 Å². The smallest absolute Gasteiger partial charge is 0.330 e. The summed E-state index contributed by atoms with van der Waals surface area (Å²) in [5, 5.41) is 14.9. The van der Waals surface area contributed by atoms with Crippen LogP contribution in [-0.4, -0.2) is 15.0 Å². The predicted molar refractivity (Wildman–Crippen MR) is 63.1 cm³/mol. The molecule has 2 aromatic rings. The number of fused-ring (bicyclic) bond motifs is 1. The Morgan fingerprint density at radius 2 is 2.00 bits per heavy atom. The predicted octanol–water partition coefficient (Wildman–Crippen LogP) is -1.93. The van der Waals surface area contributed by atoms with E-state index in [0.29, 0.717) is 10.9 Å². The van der Waals surface area contributed by atoms with E-state index in [4.69, 9.17) is 0 Å². The number of nitrogens with zero attached hydrogens (tertiary/aromatic N) is 4. The lowest BCUT2D eigenvalue weighted by Gasteiger charge is -2.05. The Hall–Kier alpha value is -2.44. The van der Waals surface area contributed by atoms with E-state index in [1.54, 1.807) is 13.1 Å². The van der Waals surface area contributed by atoms with Gasteiger partial charge in [0.05, 0.1) is 5.52 Å². The normalized spacial score (nSPS) is 12.1. The Labute approximate surface area is 102 Å². The molecule has 2 aromatic heterocycles. The monoisotopic (exact) mass is 248 g/mol. The Morgan fingerprint density at radius 3 is 2.61 bits per heavy atom. The molecule has 2 heterocycles. The molecule has 7 nitrogen and oxygen atoms in total. The summed E-state index contributed by atoms with van der Waals surface area (Å²) < 4.78 is 3.64. The molecular formula is C11H12N4O3. The lowest BCUT2D eigenvalue weighted by molar-refractivity contribution is -0.680. The molecule has 0 amide bonds. The Morgan fingerprint density at radius 1 is 1.33 bits per heavy atom. The lowest BCUT2D eigenvalue weighted by Crippen LogP contribution is -2.39. The van der Waals surface area contributed by atoms with E-state index in [2.05, 4.69) is 5.10 Å². The van der Waals surface area contributed by atoms with Gasteiger partial charge in [0.15, 0.2) is 0 Å². The minimum absolute atomic E-state index is 0.326. The maximum absolute atomic E-state index is 11.9. The van der Waals surface area contributed by atoms with E-state index >= 15 is 0 Å². The topological polar surface area (TPSA) is 83.3 Å². The van der Waals surface area contributed by atoms with Crippen LogP contribution in [0.3, 0.4) is 0 Å². The van der Waals surface area contributed by atoms with Crippen molar-refractivity contribution in [2.24, 2.45) is 19.2 Å². The SMILES string of the molecule is C/C([O-])=N/[n+]1ccc2c(c1)c(=O)n(C)c(=O)n2C. The second kappa shape index (κ2) is 4.10. The molecule has 94 valence electrons. The van der Waals surface area contributed by atoms with Crippen molar-refractivity contribution in [1.29, 1.82) is 0 Å². The maximum Gasteiger partial charge on any atom is 0.330 e. The van der Waals surface area contributed by atoms with Crippen molar-refractivity contribution in [2.45, 2.75) is 6.92 Å². The minimum atomic E-state index is -0.416. The summed E-state index contributed by atoms with van der Waals surface area (Å²) in [6, 6.07) is 1.57. The van der Waals surface area contributed by atoms with E-state index in [9.17, 15) is 14.7 Å². The first-order chi connectivity index (χ1) is 8.41. The van der Waals surface area contributed by atoms with Gasteiger partial charge in [-0.1, -0.05) is 4.68 Å². The molecule has 0 N–H and O–H groups in total. The molecule has 7 heteroatoms. The van der Waals surface area contributed by atoms with Gasteiger partial charge >= 0.3 is 5.69 Å². The quantitative estimate of drug-likeness (QED) is 0.334. The van der Waals surface area contributed by atoms with Gasteiger partial charge < -0.3 is 5.11 Å². The molecule has 0 saturated heterocycles. The zero-order valence-corrected chi connectivity index (χ0v) is 10.2. The zero-order chi connectivity index (χ0) is 13.4.